The van der Waals surface area contributed by atoms with E-state index in [1.807, 2.05) is 35.3 Å². The predicted molar refractivity (Wildman–Crippen MR) is 75.6 cm³/mol. The van der Waals surface area contributed by atoms with Crippen molar-refractivity contribution in [2.24, 2.45) is 5.84 Å². The Labute approximate surface area is 119 Å². The first-order chi connectivity index (χ1) is 9.44. The van der Waals surface area contributed by atoms with Gasteiger partial charge in [0.15, 0.2) is 0 Å². The summed E-state index contributed by atoms with van der Waals surface area (Å²) < 4.78 is 0. The highest BCUT2D eigenvalue weighted by Crippen LogP contribution is 2.33. The third kappa shape index (κ3) is 2.99. The van der Waals surface area contributed by atoms with Crippen LogP contribution in [0.3, 0.4) is 0 Å². The summed E-state index contributed by atoms with van der Waals surface area (Å²) in [5.74, 6) is 5.54. The monoisotopic (exact) mass is 278 g/mol. The number of nitrogens with two attached hydrogens (primary N) is 1. The third-order valence-corrected chi connectivity index (χ3v) is 3.73. The lowest BCUT2D eigenvalue weighted by Gasteiger charge is -2.44. The number of nitrogens with zero attached hydrogens (tertiary/aromatic N) is 3. The van der Waals surface area contributed by atoms with Crippen LogP contribution in [0.2, 0.25) is 0 Å². The van der Waals surface area contributed by atoms with Crippen molar-refractivity contribution in [3.8, 4) is 0 Å². The second kappa shape index (κ2) is 5.88. The first-order valence-corrected chi connectivity index (χ1v) is 6.76. The maximum Gasteiger partial charge on any atom is 0.249 e. The van der Waals surface area contributed by atoms with E-state index in [2.05, 4.69) is 0 Å². The Bertz CT molecular complexity index is 456. The molecular formula is C14H22N4O2. The zero-order valence-corrected chi connectivity index (χ0v) is 12.0. The van der Waals surface area contributed by atoms with Crippen molar-refractivity contribution in [2.75, 3.05) is 20.1 Å². The summed E-state index contributed by atoms with van der Waals surface area (Å²) in [5, 5.41) is 15.3. The van der Waals surface area contributed by atoms with Crippen LogP contribution < -0.4 is 5.84 Å². The molecule has 1 saturated heterocycles. The lowest BCUT2D eigenvalue weighted by Crippen LogP contribution is -2.60. The minimum Gasteiger partial charge on any atom is -0.385 e. The van der Waals surface area contributed by atoms with E-state index in [1.54, 1.807) is 7.05 Å². The van der Waals surface area contributed by atoms with Crippen LogP contribution in [0.1, 0.15) is 25.3 Å². The topological polar surface area (TPSA) is 73.0 Å². The van der Waals surface area contributed by atoms with Gasteiger partial charge in [-0.05, 0) is 18.4 Å². The molecule has 3 N–H and O–H groups in total. The summed E-state index contributed by atoms with van der Waals surface area (Å²) >= 11 is 0. The number of hydrogen-bond acceptors (Lipinski definition) is 5. The Morgan fingerprint density at radius 3 is 2.30 bits per heavy atom. The Kier molecular flexibility index (Phi) is 4.39. The highest BCUT2D eigenvalue weighted by Gasteiger charge is 2.36. The molecule has 20 heavy (non-hydrogen) atoms. The molecule has 110 valence electrons. The van der Waals surface area contributed by atoms with Gasteiger partial charge in [0.1, 0.15) is 0 Å². The fourth-order valence-corrected chi connectivity index (χ4v) is 2.71. The third-order valence-electron chi connectivity index (χ3n) is 3.73. The summed E-state index contributed by atoms with van der Waals surface area (Å²) in [6, 6.07) is 9.66. The molecule has 1 amide bonds. The highest BCUT2D eigenvalue weighted by atomic mass is 16.3. The molecule has 0 aliphatic carbocycles. The smallest absolute Gasteiger partial charge is 0.249 e. The Morgan fingerprint density at radius 2 is 1.85 bits per heavy atom. The summed E-state index contributed by atoms with van der Waals surface area (Å²) in [5.41, 5.74) is 0.100. The van der Waals surface area contributed by atoms with Crippen LogP contribution in [-0.2, 0) is 10.4 Å². The summed E-state index contributed by atoms with van der Waals surface area (Å²) in [7, 11) is 1.62. The van der Waals surface area contributed by atoms with Crippen molar-refractivity contribution in [3.63, 3.8) is 0 Å². The minimum atomic E-state index is -0.826. The van der Waals surface area contributed by atoms with Gasteiger partial charge in [-0.15, -0.1) is 5.12 Å². The van der Waals surface area contributed by atoms with Crippen molar-refractivity contribution in [1.29, 1.82) is 0 Å². The number of benzene rings is 1. The van der Waals surface area contributed by atoms with Gasteiger partial charge < -0.3 is 5.11 Å². The molecule has 1 aromatic rings. The number of carbonyl (C=O) groups is 1. The standard InChI is InChI=1S/C14H22N4O2/c1-12(19)18(16(2)15)17-10-8-14(20,9-11-17)13-6-4-3-5-7-13/h3-7,20H,8-11,15H2,1-2H3. The second-order valence-electron chi connectivity index (χ2n) is 5.23. The van der Waals surface area contributed by atoms with Gasteiger partial charge in [0.25, 0.3) is 0 Å². The van der Waals surface area contributed by atoms with Crippen LogP contribution in [-0.4, -0.2) is 46.4 Å². The lowest BCUT2D eigenvalue weighted by molar-refractivity contribution is -0.206. The summed E-state index contributed by atoms with van der Waals surface area (Å²) in [6.07, 6.45) is 1.13. The summed E-state index contributed by atoms with van der Waals surface area (Å²) in [6.45, 7) is 2.63. The normalized spacial score (nSPS) is 19.1. The molecule has 1 fully saturated rings. The van der Waals surface area contributed by atoms with Gasteiger partial charge in [0.05, 0.1) is 5.60 Å². The zero-order chi connectivity index (χ0) is 14.8. The SMILES string of the molecule is CC(=O)N(N(C)N)N1CCC(O)(c2ccccc2)CC1. The molecule has 0 atom stereocenters. The number of hydrogen-bond donors (Lipinski definition) is 2. The molecule has 0 saturated carbocycles. The van der Waals surface area contributed by atoms with E-state index in [0.29, 0.717) is 25.9 Å². The van der Waals surface area contributed by atoms with E-state index in [-0.39, 0.29) is 5.91 Å². The molecule has 1 aliphatic heterocycles. The molecule has 1 aromatic carbocycles. The molecule has 0 spiro atoms. The highest BCUT2D eigenvalue weighted by molar-refractivity contribution is 5.72. The molecule has 0 radical (unpaired) electrons. The van der Waals surface area contributed by atoms with Crippen LogP contribution in [0.4, 0.5) is 0 Å². The molecule has 6 heteroatoms. The maximum absolute atomic E-state index is 11.6. The van der Waals surface area contributed by atoms with E-state index >= 15 is 0 Å². The average Bonchev–Trinajstić information content (AvgIpc) is 2.42. The van der Waals surface area contributed by atoms with Gasteiger partial charge in [0, 0.05) is 27.1 Å². The average molecular weight is 278 g/mol. The molecule has 0 bridgehead atoms. The number of aliphatic hydroxyl groups is 1. The Hall–Kier alpha value is -1.47. The van der Waals surface area contributed by atoms with Crippen LogP contribution >= 0.6 is 0 Å². The summed E-state index contributed by atoms with van der Waals surface area (Å²) in [4.78, 5) is 11.6. The van der Waals surface area contributed by atoms with Crippen molar-refractivity contribution >= 4 is 5.91 Å². The van der Waals surface area contributed by atoms with Gasteiger partial charge in [-0.25, -0.2) is 10.9 Å². The van der Waals surface area contributed by atoms with Gasteiger partial charge in [-0.3, -0.25) is 4.79 Å². The van der Waals surface area contributed by atoms with Gasteiger partial charge >= 0.3 is 0 Å². The van der Waals surface area contributed by atoms with Gasteiger partial charge in [0.2, 0.25) is 5.91 Å². The fourth-order valence-electron chi connectivity index (χ4n) is 2.71. The molecular weight excluding hydrogens is 256 g/mol. The van der Waals surface area contributed by atoms with E-state index in [0.717, 1.165) is 5.56 Å². The van der Waals surface area contributed by atoms with Crippen molar-refractivity contribution in [3.05, 3.63) is 35.9 Å². The lowest BCUT2D eigenvalue weighted by atomic mass is 9.85. The maximum atomic E-state index is 11.6. The van der Waals surface area contributed by atoms with Crippen molar-refractivity contribution < 1.29 is 9.90 Å². The first kappa shape index (κ1) is 14.9. The van der Waals surface area contributed by atoms with Crippen molar-refractivity contribution in [2.45, 2.75) is 25.4 Å². The van der Waals surface area contributed by atoms with E-state index in [1.165, 1.54) is 17.2 Å². The fraction of sp³-hybridized carbons (Fsp3) is 0.500. The minimum absolute atomic E-state index is 0.139. The molecule has 0 aromatic heterocycles. The van der Waals surface area contributed by atoms with Crippen LogP contribution in [0.15, 0.2) is 30.3 Å². The number of carbonyl (C=O) groups excluding carboxylic acids is 1. The molecule has 6 nitrogen and oxygen atoms in total. The molecule has 0 unspecified atom stereocenters. The van der Waals surface area contributed by atoms with E-state index in [4.69, 9.17) is 5.84 Å². The zero-order valence-electron chi connectivity index (χ0n) is 12.0. The van der Waals surface area contributed by atoms with Crippen LogP contribution in [0.5, 0.6) is 0 Å². The first-order valence-electron chi connectivity index (χ1n) is 6.76. The molecule has 1 heterocycles. The van der Waals surface area contributed by atoms with E-state index in [9.17, 15) is 9.90 Å². The number of amides is 1. The molecule has 2 rings (SSSR count). The number of rotatable bonds is 3. The van der Waals surface area contributed by atoms with E-state index < -0.39 is 5.60 Å². The van der Waals surface area contributed by atoms with Crippen LogP contribution in [0.25, 0.3) is 0 Å². The molecule has 1 aliphatic rings. The largest absolute Gasteiger partial charge is 0.385 e. The Morgan fingerprint density at radius 1 is 1.30 bits per heavy atom. The van der Waals surface area contributed by atoms with Crippen molar-refractivity contribution in [1.82, 2.24) is 15.2 Å². The van der Waals surface area contributed by atoms with Gasteiger partial charge in [-0.2, -0.15) is 5.12 Å². The Balaban J connectivity index is 2.07. The van der Waals surface area contributed by atoms with Crippen LogP contribution in [0, 0.1) is 0 Å². The quantitative estimate of drug-likeness (QED) is 0.620. The predicted octanol–water partition coefficient (Wildman–Crippen LogP) is 0.454. The van der Waals surface area contributed by atoms with Gasteiger partial charge in [-0.1, -0.05) is 30.3 Å². The number of piperidine rings is 1. The second-order valence-corrected chi connectivity index (χ2v) is 5.23. The number of hydrazine groups is 3.